The quantitative estimate of drug-likeness (QED) is 0.632. The van der Waals surface area contributed by atoms with Crippen molar-refractivity contribution in [3.8, 4) is 0 Å². The highest BCUT2D eigenvalue weighted by Gasteiger charge is 2.15. The number of hydrogen-bond donors (Lipinski definition) is 1. The molecule has 7 heteroatoms. The van der Waals surface area contributed by atoms with Crippen LogP contribution < -0.4 is 5.32 Å². The van der Waals surface area contributed by atoms with Crippen LogP contribution in [0.4, 0.5) is 10.1 Å². The number of nitrogens with one attached hydrogen (secondary N) is 1. The average molecular weight is 229 g/mol. The molecule has 0 fully saturated rings. The summed E-state index contributed by atoms with van der Waals surface area (Å²) in [6, 6.07) is 0. The molecule has 0 bridgehead atoms. The van der Waals surface area contributed by atoms with Crippen LogP contribution in [0.2, 0.25) is 0 Å². The Balaban J connectivity index is 2.65. The number of thiazole rings is 1. The monoisotopic (exact) mass is 229 g/mol. The van der Waals surface area contributed by atoms with E-state index in [0.29, 0.717) is 0 Å². The fourth-order valence-corrected chi connectivity index (χ4v) is 1.46. The van der Waals surface area contributed by atoms with Crippen LogP contribution >= 0.6 is 11.3 Å². The van der Waals surface area contributed by atoms with Crippen LogP contribution in [0.5, 0.6) is 0 Å². The van der Waals surface area contributed by atoms with Gasteiger partial charge in [0.05, 0.1) is 4.92 Å². The number of rotatable bonds is 4. The summed E-state index contributed by atoms with van der Waals surface area (Å²) in [6.45, 7) is 3.69. The maximum absolute atomic E-state index is 11.4. The van der Waals surface area contributed by atoms with E-state index in [9.17, 15) is 14.9 Å². The number of nitro groups is 1. The Morgan fingerprint density at radius 1 is 1.80 bits per heavy atom. The molecule has 1 heterocycles. The highest BCUT2D eigenvalue weighted by molar-refractivity contribution is 7.18. The van der Waals surface area contributed by atoms with Gasteiger partial charge in [0, 0.05) is 5.92 Å². The minimum absolute atomic E-state index is 0.0746. The molecule has 6 nitrogen and oxygen atoms in total. The predicted molar refractivity (Wildman–Crippen MR) is 56.9 cm³/mol. The first-order chi connectivity index (χ1) is 7.04. The van der Waals surface area contributed by atoms with Crippen molar-refractivity contribution in [2.45, 2.75) is 20.3 Å². The minimum Gasteiger partial charge on any atom is -0.302 e. The van der Waals surface area contributed by atoms with Crippen LogP contribution in [0.15, 0.2) is 6.20 Å². The summed E-state index contributed by atoms with van der Waals surface area (Å²) in [5.74, 6) is -0.283. The second kappa shape index (κ2) is 4.83. The van der Waals surface area contributed by atoms with Crippen molar-refractivity contribution in [3.05, 3.63) is 16.3 Å². The topological polar surface area (TPSA) is 85.1 Å². The molecule has 0 aliphatic carbocycles. The lowest BCUT2D eigenvalue weighted by Crippen LogP contribution is -2.19. The molecule has 1 atom stereocenters. The normalized spacial score (nSPS) is 12.1. The average Bonchev–Trinajstić information content (AvgIpc) is 2.65. The Kier molecular flexibility index (Phi) is 3.73. The molecule has 1 amide bonds. The van der Waals surface area contributed by atoms with Gasteiger partial charge in [-0.2, -0.15) is 0 Å². The zero-order valence-corrected chi connectivity index (χ0v) is 9.21. The summed E-state index contributed by atoms with van der Waals surface area (Å²) in [7, 11) is 0. The van der Waals surface area contributed by atoms with E-state index in [-0.39, 0.29) is 22.0 Å². The van der Waals surface area contributed by atoms with Crippen LogP contribution in [-0.2, 0) is 4.79 Å². The first-order valence-electron chi connectivity index (χ1n) is 4.45. The van der Waals surface area contributed by atoms with E-state index >= 15 is 0 Å². The third-order valence-corrected chi connectivity index (χ3v) is 2.83. The molecule has 0 saturated carbocycles. The number of anilines is 1. The molecule has 1 aromatic rings. The lowest BCUT2D eigenvalue weighted by molar-refractivity contribution is -0.380. The Morgan fingerprint density at radius 3 is 2.93 bits per heavy atom. The fourth-order valence-electron chi connectivity index (χ4n) is 0.822. The molecule has 0 aliphatic rings. The summed E-state index contributed by atoms with van der Waals surface area (Å²) >= 11 is 0.855. The molecule has 1 N–H and O–H groups in total. The maximum Gasteiger partial charge on any atom is 0.345 e. The summed E-state index contributed by atoms with van der Waals surface area (Å²) in [5.41, 5.74) is 0. The lowest BCUT2D eigenvalue weighted by atomic mass is 10.1. The second-order valence-electron chi connectivity index (χ2n) is 3.06. The van der Waals surface area contributed by atoms with Crippen molar-refractivity contribution < 1.29 is 9.72 Å². The summed E-state index contributed by atoms with van der Waals surface area (Å²) in [4.78, 5) is 25.0. The Morgan fingerprint density at radius 2 is 2.47 bits per heavy atom. The van der Waals surface area contributed by atoms with Gasteiger partial charge in [-0.1, -0.05) is 13.8 Å². The second-order valence-corrected chi connectivity index (χ2v) is 4.07. The zero-order valence-electron chi connectivity index (χ0n) is 8.39. The van der Waals surface area contributed by atoms with E-state index in [2.05, 4.69) is 10.3 Å². The summed E-state index contributed by atoms with van der Waals surface area (Å²) in [6.07, 6.45) is 1.86. The molecule has 0 aliphatic heterocycles. The zero-order chi connectivity index (χ0) is 11.4. The molecule has 0 saturated heterocycles. The van der Waals surface area contributed by atoms with E-state index in [4.69, 9.17) is 0 Å². The van der Waals surface area contributed by atoms with Gasteiger partial charge in [-0.25, -0.2) is 4.98 Å². The maximum atomic E-state index is 11.4. The summed E-state index contributed by atoms with van der Waals surface area (Å²) < 4.78 is 0. The van der Waals surface area contributed by atoms with Crippen molar-refractivity contribution in [1.29, 1.82) is 0 Å². The highest BCUT2D eigenvalue weighted by atomic mass is 32.1. The Labute approximate surface area is 90.5 Å². The van der Waals surface area contributed by atoms with Crippen LogP contribution in [0.1, 0.15) is 20.3 Å². The van der Waals surface area contributed by atoms with E-state index in [1.54, 1.807) is 6.92 Å². The molecule has 1 rings (SSSR count). The standard InChI is InChI=1S/C8H11N3O3S/c1-3-5(2)7(12)10-8-9-4-6(15-8)11(13)14/h4-5H,3H2,1-2H3,(H,9,10,12)/t5-/m1/s1. The molecule has 0 unspecified atom stereocenters. The third-order valence-electron chi connectivity index (χ3n) is 1.96. The Hall–Kier alpha value is -1.50. The molecular weight excluding hydrogens is 218 g/mol. The summed E-state index contributed by atoms with van der Waals surface area (Å²) in [5, 5.41) is 13.1. The molecule has 0 spiro atoms. The van der Waals surface area contributed by atoms with Crippen LogP contribution in [0, 0.1) is 16.0 Å². The predicted octanol–water partition coefficient (Wildman–Crippen LogP) is 2.04. The smallest absolute Gasteiger partial charge is 0.302 e. The SMILES string of the molecule is CC[C@@H](C)C(=O)Nc1ncc([N+](=O)[O-])s1. The van der Waals surface area contributed by atoms with Gasteiger partial charge in [-0.3, -0.25) is 14.9 Å². The molecule has 0 aromatic carbocycles. The number of carbonyl (C=O) groups is 1. The van der Waals surface area contributed by atoms with Crippen molar-refractivity contribution >= 4 is 27.4 Å². The van der Waals surface area contributed by atoms with Gasteiger partial charge in [0.2, 0.25) is 5.91 Å². The van der Waals surface area contributed by atoms with E-state index < -0.39 is 4.92 Å². The van der Waals surface area contributed by atoms with Gasteiger partial charge in [-0.05, 0) is 17.8 Å². The van der Waals surface area contributed by atoms with E-state index in [0.717, 1.165) is 24.0 Å². The van der Waals surface area contributed by atoms with Crippen LogP contribution in [0.3, 0.4) is 0 Å². The molecule has 15 heavy (non-hydrogen) atoms. The van der Waals surface area contributed by atoms with Gasteiger partial charge in [0.1, 0.15) is 6.20 Å². The lowest BCUT2D eigenvalue weighted by Gasteiger charge is -2.06. The number of amides is 1. The van der Waals surface area contributed by atoms with Gasteiger partial charge < -0.3 is 5.32 Å². The van der Waals surface area contributed by atoms with Crippen molar-refractivity contribution in [3.63, 3.8) is 0 Å². The molecule has 0 radical (unpaired) electrons. The number of aromatic nitrogens is 1. The third kappa shape index (κ3) is 2.98. The van der Waals surface area contributed by atoms with Gasteiger partial charge in [0.25, 0.3) is 0 Å². The van der Waals surface area contributed by atoms with Gasteiger partial charge >= 0.3 is 5.00 Å². The van der Waals surface area contributed by atoms with E-state index in [1.807, 2.05) is 6.92 Å². The van der Waals surface area contributed by atoms with Crippen molar-refractivity contribution in [2.75, 3.05) is 5.32 Å². The molecular formula is C8H11N3O3S. The van der Waals surface area contributed by atoms with E-state index in [1.165, 1.54) is 0 Å². The Bertz CT molecular complexity index is 377. The molecule has 1 aromatic heterocycles. The molecule has 82 valence electrons. The minimum atomic E-state index is -0.531. The largest absolute Gasteiger partial charge is 0.345 e. The highest BCUT2D eigenvalue weighted by Crippen LogP contribution is 2.25. The van der Waals surface area contributed by atoms with Crippen molar-refractivity contribution in [2.24, 2.45) is 5.92 Å². The van der Waals surface area contributed by atoms with Gasteiger partial charge in [0.15, 0.2) is 5.13 Å². The number of carbonyl (C=O) groups excluding carboxylic acids is 1. The van der Waals surface area contributed by atoms with Crippen LogP contribution in [-0.4, -0.2) is 15.8 Å². The first-order valence-corrected chi connectivity index (χ1v) is 5.27. The van der Waals surface area contributed by atoms with Crippen molar-refractivity contribution in [1.82, 2.24) is 4.98 Å². The van der Waals surface area contributed by atoms with Gasteiger partial charge in [-0.15, -0.1) is 0 Å². The van der Waals surface area contributed by atoms with Crippen LogP contribution in [0.25, 0.3) is 0 Å². The number of hydrogen-bond acceptors (Lipinski definition) is 5. The fraction of sp³-hybridized carbons (Fsp3) is 0.500. The first kappa shape index (κ1) is 11.6. The number of nitrogens with zero attached hydrogens (tertiary/aromatic N) is 2.